The van der Waals surface area contributed by atoms with E-state index in [4.69, 9.17) is 24.7 Å². The minimum absolute atomic E-state index is 0.0255. The van der Waals surface area contributed by atoms with Crippen molar-refractivity contribution in [3.63, 3.8) is 0 Å². The first-order valence-corrected chi connectivity index (χ1v) is 18.0. The van der Waals surface area contributed by atoms with E-state index in [1.54, 1.807) is 31.6 Å². The fraction of sp³-hybridized carbons (Fsp3) is 0.341. The number of pyridine rings is 2. The van der Waals surface area contributed by atoms with Gasteiger partial charge >= 0.3 is 0 Å². The number of hydrogen-bond acceptors (Lipinski definition) is 10. The topological polar surface area (TPSA) is 153 Å². The lowest BCUT2D eigenvalue weighted by atomic mass is 9.99. The Morgan fingerprint density at radius 3 is 2.26 bits per heavy atom. The zero-order valence-electron chi connectivity index (χ0n) is 30.0. The van der Waals surface area contributed by atoms with Crippen LogP contribution in [-0.2, 0) is 16.0 Å². The molecule has 1 amide bonds. The fourth-order valence-corrected chi connectivity index (χ4v) is 6.72. The summed E-state index contributed by atoms with van der Waals surface area (Å²) in [6.07, 6.45) is 8.97. The molecule has 0 radical (unpaired) electrons. The molecule has 0 aliphatic carbocycles. The van der Waals surface area contributed by atoms with E-state index < -0.39 is 5.91 Å². The number of nitrogens with two attached hydrogens (primary N) is 1. The first-order chi connectivity index (χ1) is 25.8. The van der Waals surface area contributed by atoms with Crippen LogP contribution >= 0.6 is 0 Å². The van der Waals surface area contributed by atoms with Crippen LogP contribution in [0.15, 0.2) is 84.0 Å². The second kappa shape index (κ2) is 16.4. The van der Waals surface area contributed by atoms with Gasteiger partial charge in [-0.15, -0.1) is 10.2 Å². The summed E-state index contributed by atoms with van der Waals surface area (Å²) >= 11 is 0. The Bertz CT molecular complexity index is 2110. The van der Waals surface area contributed by atoms with Crippen LogP contribution in [0, 0.1) is 18.8 Å². The minimum Gasteiger partial charge on any atom is -0.493 e. The maximum Gasteiger partial charge on any atom is 0.262 e. The van der Waals surface area contributed by atoms with Gasteiger partial charge in [0.1, 0.15) is 11.4 Å². The number of amides is 1. The van der Waals surface area contributed by atoms with E-state index >= 15 is 0 Å². The van der Waals surface area contributed by atoms with Crippen molar-refractivity contribution in [3.05, 3.63) is 101 Å². The molecule has 12 nitrogen and oxygen atoms in total. The average Bonchev–Trinajstić information content (AvgIpc) is 3.19. The predicted molar refractivity (Wildman–Crippen MR) is 203 cm³/mol. The number of anilines is 2. The van der Waals surface area contributed by atoms with E-state index in [0.29, 0.717) is 66.5 Å². The van der Waals surface area contributed by atoms with E-state index in [0.717, 1.165) is 61.2 Å². The number of nitrogens with one attached hydrogen (secondary N) is 1. The predicted octanol–water partition coefficient (Wildman–Crippen LogP) is 6.42. The number of carbonyl (C=O) groups excluding carboxylic acids is 1. The van der Waals surface area contributed by atoms with Crippen molar-refractivity contribution in [2.24, 2.45) is 11.8 Å². The summed E-state index contributed by atoms with van der Waals surface area (Å²) in [6.45, 7) is 6.22. The molecule has 2 aromatic carbocycles. The molecule has 2 fully saturated rings. The maximum atomic E-state index is 13.7. The van der Waals surface area contributed by atoms with Crippen LogP contribution in [-0.4, -0.2) is 65.8 Å². The van der Waals surface area contributed by atoms with Crippen LogP contribution in [0.1, 0.15) is 41.6 Å². The van der Waals surface area contributed by atoms with Crippen LogP contribution < -0.4 is 26.0 Å². The third kappa shape index (κ3) is 8.56. The van der Waals surface area contributed by atoms with Crippen LogP contribution in [0.3, 0.4) is 0 Å². The Morgan fingerprint density at radius 1 is 0.849 bits per heavy atom. The lowest BCUT2D eigenvalue weighted by molar-refractivity contribution is 0.0493. The molecule has 2 saturated heterocycles. The number of methoxy groups -OCH3 is 1. The zero-order valence-corrected chi connectivity index (χ0v) is 30.0. The van der Waals surface area contributed by atoms with Crippen LogP contribution in [0.25, 0.3) is 33.5 Å². The Hall–Kier alpha value is -5.59. The molecule has 53 heavy (non-hydrogen) atoms. The molecule has 5 aromatic rings. The van der Waals surface area contributed by atoms with E-state index in [1.807, 2.05) is 66.2 Å². The highest BCUT2D eigenvalue weighted by Crippen LogP contribution is 2.35. The molecule has 0 saturated carbocycles. The van der Waals surface area contributed by atoms with Gasteiger partial charge in [0, 0.05) is 68.3 Å². The van der Waals surface area contributed by atoms with E-state index in [2.05, 4.69) is 20.5 Å². The van der Waals surface area contributed by atoms with Gasteiger partial charge in [0.15, 0.2) is 17.3 Å². The summed E-state index contributed by atoms with van der Waals surface area (Å²) in [5.74, 6) is 2.04. The Kier molecular flexibility index (Phi) is 11.1. The molecule has 7 rings (SSSR count). The molecular formula is C41H44N6O6. The highest BCUT2D eigenvalue weighted by molar-refractivity contribution is 6.04. The number of carbonyl (C=O) groups is 1. The van der Waals surface area contributed by atoms with Gasteiger partial charge in [-0.3, -0.25) is 9.59 Å². The molecule has 0 unspecified atom stereocenters. The quantitative estimate of drug-likeness (QED) is 0.157. The maximum absolute atomic E-state index is 13.7. The molecule has 2 aliphatic heterocycles. The number of rotatable bonds is 11. The molecule has 274 valence electrons. The van der Waals surface area contributed by atoms with E-state index in [1.165, 1.54) is 0 Å². The summed E-state index contributed by atoms with van der Waals surface area (Å²) in [5.41, 5.74) is 11.0. The summed E-state index contributed by atoms with van der Waals surface area (Å²) in [5, 5.41) is 11.4. The molecule has 0 bridgehead atoms. The zero-order chi connectivity index (χ0) is 36.7. The van der Waals surface area contributed by atoms with Gasteiger partial charge in [0.05, 0.1) is 19.4 Å². The minimum atomic E-state index is -0.566. The highest BCUT2D eigenvalue weighted by atomic mass is 16.5. The first-order valence-electron chi connectivity index (χ1n) is 18.0. The monoisotopic (exact) mass is 716 g/mol. The summed E-state index contributed by atoms with van der Waals surface area (Å²) in [7, 11) is 1.62. The third-order valence-electron chi connectivity index (χ3n) is 9.91. The average molecular weight is 717 g/mol. The van der Waals surface area contributed by atoms with Gasteiger partial charge in [-0.25, -0.2) is 4.98 Å². The lowest BCUT2D eigenvalue weighted by Gasteiger charge is -2.23. The second-order valence-corrected chi connectivity index (χ2v) is 13.7. The number of hydrogen-bond donors (Lipinski definition) is 2. The van der Waals surface area contributed by atoms with Gasteiger partial charge in [-0.1, -0.05) is 35.9 Å². The lowest BCUT2D eigenvalue weighted by Crippen LogP contribution is -2.27. The highest BCUT2D eigenvalue weighted by Gasteiger charge is 2.21. The van der Waals surface area contributed by atoms with Crippen LogP contribution in [0.4, 0.5) is 11.6 Å². The van der Waals surface area contributed by atoms with Gasteiger partial charge in [-0.05, 0) is 85.9 Å². The molecule has 2 aliphatic rings. The van der Waals surface area contributed by atoms with Crippen molar-refractivity contribution in [1.29, 1.82) is 0 Å². The van der Waals surface area contributed by atoms with Crippen LogP contribution in [0.5, 0.6) is 11.5 Å². The first kappa shape index (κ1) is 35.8. The second-order valence-electron chi connectivity index (χ2n) is 13.7. The van der Waals surface area contributed by atoms with Gasteiger partial charge < -0.3 is 34.6 Å². The fourth-order valence-electron chi connectivity index (χ4n) is 6.72. The van der Waals surface area contributed by atoms with Crippen molar-refractivity contribution in [2.75, 3.05) is 51.2 Å². The number of ether oxygens (including phenoxy) is 4. The molecule has 0 spiro atoms. The van der Waals surface area contributed by atoms with Crippen molar-refractivity contribution in [3.8, 4) is 45.0 Å². The van der Waals surface area contributed by atoms with Crippen molar-refractivity contribution < 1.29 is 23.7 Å². The van der Waals surface area contributed by atoms with Gasteiger partial charge in [0.25, 0.3) is 5.91 Å². The number of aryl methyl sites for hydroxylation is 1. The third-order valence-corrected chi connectivity index (χ3v) is 9.91. The number of benzene rings is 2. The largest absolute Gasteiger partial charge is 0.493 e. The van der Waals surface area contributed by atoms with Gasteiger partial charge in [-0.2, -0.15) is 0 Å². The van der Waals surface area contributed by atoms with Crippen molar-refractivity contribution in [1.82, 2.24) is 19.7 Å². The van der Waals surface area contributed by atoms with Crippen molar-refractivity contribution >= 4 is 17.5 Å². The Labute approximate surface area is 308 Å². The summed E-state index contributed by atoms with van der Waals surface area (Å²) < 4.78 is 24.7. The molecule has 12 heteroatoms. The molecular weight excluding hydrogens is 672 g/mol. The van der Waals surface area contributed by atoms with Gasteiger partial charge in [0.2, 0.25) is 5.43 Å². The SMILES string of the molecule is COc1cc(-c2cnc(N)c(-c3ccc(NC(=O)c4cn(CC5CCOCC5)cc(-c5ccc(C)cc5)c4=O)nn3)c2)ccc1OCC1CCOCC1. The number of nitrogen functional groups attached to an aromatic ring is 1. The van der Waals surface area contributed by atoms with Crippen LogP contribution in [0.2, 0.25) is 0 Å². The Morgan fingerprint density at radius 2 is 1.57 bits per heavy atom. The number of nitrogens with zero attached hydrogens (tertiary/aromatic N) is 4. The Balaban J connectivity index is 1.09. The summed E-state index contributed by atoms with van der Waals surface area (Å²) in [6, 6.07) is 18.7. The number of aromatic nitrogens is 4. The molecule has 3 aromatic heterocycles. The normalized spacial score (nSPS) is 15.2. The van der Waals surface area contributed by atoms with E-state index in [-0.39, 0.29) is 22.6 Å². The molecule has 3 N–H and O–H groups in total. The molecule has 0 atom stereocenters. The molecule has 5 heterocycles. The smallest absolute Gasteiger partial charge is 0.262 e. The summed E-state index contributed by atoms with van der Waals surface area (Å²) in [4.78, 5) is 31.8. The standard InChI is InChI=1S/C41H44N6O6/c1-26-3-5-29(6-4-26)33-23-47(22-27-11-15-51-16-12-27)24-34(39(33)48)41(49)44-38-10-8-35(45-46-38)32-19-31(21-43-40(32)42)30-7-9-36(37(20-30)50-2)53-25-28-13-17-52-18-14-28/h3-10,19-21,23-24,27-28H,11-18,22,25H2,1-2H3,(H2,42,43)(H,44,46,49). The van der Waals surface area contributed by atoms with E-state index in [9.17, 15) is 9.59 Å². The van der Waals surface area contributed by atoms with Crippen molar-refractivity contribution in [2.45, 2.75) is 39.2 Å².